The summed E-state index contributed by atoms with van der Waals surface area (Å²) < 4.78 is 43.1. The number of carbonyl (C=O) groups excluding carboxylic acids is 1. The topological polar surface area (TPSA) is 57.4 Å². The summed E-state index contributed by atoms with van der Waals surface area (Å²) in [6, 6.07) is 8.65. The Morgan fingerprint density at radius 1 is 1.15 bits per heavy atom. The van der Waals surface area contributed by atoms with E-state index in [1.807, 2.05) is 0 Å². The fraction of sp³-hybridized carbons (Fsp3) is 0.389. The minimum Gasteiger partial charge on any atom is -0.441 e. The van der Waals surface area contributed by atoms with Crippen molar-refractivity contribution in [2.24, 2.45) is 5.92 Å². The van der Waals surface area contributed by atoms with Gasteiger partial charge in [-0.25, -0.2) is 0 Å². The number of nitrogens with zero attached hydrogens (tertiary/aromatic N) is 1. The molecule has 138 valence electrons. The number of aromatic amines is 1. The van der Waals surface area contributed by atoms with E-state index in [9.17, 15) is 18.0 Å². The smallest absolute Gasteiger partial charge is 0.431 e. The molecule has 2 aliphatic rings. The van der Waals surface area contributed by atoms with Crippen LogP contribution in [-0.2, 0) is 6.18 Å². The predicted molar refractivity (Wildman–Crippen MR) is 88.1 cm³/mol. The number of benzene rings is 1. The summed E-state index contributed by atoms with van der Waals surface area (Å²) in [4.78, 5) is 16.9. The summed E-state index contributed by atoms with van der Waals surface area (Å²) >= 11 is 0. The molecule has 2 aliphatic heterocycles. The van der Waals surface area contributed by atoms with Gasteiger partial charge in [0.05, 0.1) is 0 Å². The van der Waals surface area contributed by atoms with E-state index in [0.29, 0.717) is 17.2 Å². The van der Waals surface area contributed by atoms with Gasteiger partial charge in [0.25, 0.3) is 5.91 Å². The molecule has 1 aromatic carbocycles. The highest BCUT2D eigenvalue weighted by Gasteiger charge is 2.38. The number of nitrogens with one attached hydrogen (secondary N) is 2. The molecule has 3 unspecified atom stereocenters. The van der Waals surface area contributed by atoms with Crippen LogP contribution in [0.1, 0.15) is 22.5 Å². The van der Waals surface area contributed by atoms with Gasteiger partial charge < -0.3 is 19.9 Å². The lowest BCUT2D eigenvalue weighted by atomic mass is 9.99. The van der Waals surface area contributed by atoms with E-state index in [-0.39, 0.29) is 17.8 Å². The Bertz CT molecular complexity index is 801. The minimum absolute atomic E-state index is 0.00874. The first kappa shape index (κ1) is 17.0. The van der Waals surface area contributed by atoms with Gasteiger partial charge in [0.1, 0.15) is 11.4 Å². The number of hydrogen-bond donors (Lipinski definition) is 2. The van der Waals surface area contributed by atoms with Crippen LogP contribution in [-0.4, -0.2) is 41.5 Å². The van der Waals surface area contributed by atoms with Crippen LogP contribution in [0.4, 0.5) is 13.2 Å². The Kier molecular flexibility index (Phi) is 4.14. The molecule has 5 nitrogen and oxygen atoms in total. The standard InChI is InChI=1S/C18H18F3N3O2/c19-18(20,21)15-5-6-16(23-15)26-13-3-1-11(2-4-13)17(25)22-14-10-24-8-7-12(14)9-24/h1-6,12,14,23H,7-10H2,(H,22,25). The van der Waals surface area contributed by atoms with Crippen molar-refractivity contribution < 1.29 is 22.7 Å². The zero-order chi connectivity index (χ0) is 18.3. The largest absolute Gasteiger partial charge is 0.441 e. The van der Waals surface area contributed by atoms with Gasteiger partial charge in [0.15, 0.2) is 5.88 Å². The molecule has 0 spiro atoms. The molecule has 0 saturated carbocycles. The van der Waals surface area contributed by atoms with Crippen LogP contribution in [0.3, 0.4) is 0 Å². The van der Waals surface area contributed by atoms with Crippen molar-refractivity contribution in [2.75, 3.05) is 19.6 Å². The third-order valence-corrected chi connectivity index (χ3v) is 4.96. The minimum atomic E-state index is -4.44. The van der Waals surface area contributed by atoms with E-state index in [4.69, 9.17) is 4.74 Å². The number of amides is 1. The number of carbonyl (C=O) groups is 1. The van der Waals surface area contributed by atoms with Crippen molar-refractivity contribution in [1.29, 1.82) is 0 Å². The lowest BCUT2D eigenvalue weighted by Crippen LogP contribution is -2.43. The van der Waals surface area contributed by atoms with E-state index in [0.717, 1.165) is 32.1 Å². The first-order chi connectivity index (χ1) is 12.4. The highest BCUT2D eigenvalue weighted by Crippen LogP contribution is 2.31. The molecule has 1 aromatic heterocycles. The summed E-state index contributed by atoms with van der Waals surface area (Å²) in [6.45, 7) is 3.05. The summed E-state index contributed by atoms with van der Waals surface area (Å²) in [6.07, 6.45) is -3.33. The zero-order valence-corrected chi connectivity index (χ0v) is 13.8. The Balaban J connectivity index is 1.37. The lowest BCUT2D eigenvalue weighted by molar-refractivity contribution is -0.140. The first-order valence-electron chi connectivity index (χ1n) is 8.46. The fourth-order valence-corrected chi connectivity index (χ4v) is 3.60. The Morgan fingerprint density at radius 3 is 2.50 bits per heavy atom. The van der Waals surface area contributed by atoms with Gasteiger partial charge in [-0.3, -0.25) is 4.79 Å². The van der Waals surface area contributed by atoms with Gasteiger partial charge in [-0.15, -0.1) is 0 Å². The average Bonchev–Trinajstić information content (AvgIpc) is 3.31. The highest BCUT2D eigenvalue weighted by atomic mass is 19.4. The van der Waals surface area contributed by atoms with Crippen LogP contribution in [0, 0.1) is 5.92 Å². The molecule has 26 heavy (non-hydrogen) atoms. The van der Waals surface area contributed by atoms with E-state index in [2.05, 4.69) is 15.2 Å². The summed E-state index contributed by atoms with van der Waals surface area (Å²) in [5.41, 5.74) is -0.373. The molecule has 3 atom stereocenters. The molecule has 4 rings (SSSR count). The SMILES string of the molecule is O=C(NC1CN2CCC1C2)c1ccc(Oc2ccc(C(F)(F)F)[nH]2)cc1. The second kappa shape index (κ2) is 6.35. The quantitative estimate of drug-likeness (QED) is 0.875. The van der Waals surface area contributed by atoms with Crippen molar-refractivity contribution in [3.8, 4) is 11.6 Å². The molecule has 0 radical (unpaired) electrons. The Morgan fingerprint density at radius 2 is 1.92 bits per heavy atom. The number of piperidine rings is 1. The van der Waals surface area contributed by atoms with Crippen LogP contribution in [0.2, 0.25) is 0 Å². The predicted octanol–water partition coefficient (Wildman–Crippen LogP) is 3.26. The van der Waals surface area contributed by atoms with Crippen LogP contribution in [0.15, 0.2) is 36.4 Å². The first-order valence-corrected chi connectivity index (χ1v) is 8.46. The second-order valence-corrected chi connectivity index (χ2v) is 6.75. The van der Waals surface area contributed by atoms with Crippen LogP contribution in [0.5, 0.6) is 11.6 Å². The van der Waals surface area contributed by atoms with Crippen molar-refractivity contribution in [3.05, 3.63) is 47.7 Å². The number of fused-ring (bicyclic) bond motifs is 2. The summed E-state index contributed by atoms with van der Waals surface area (Å²) in [7, 11) is 0. The molecule has 2 saturated heterocycles. The number of ether oxygens (including phenoxy) is 1. The van der Waals surface area contributed by atoms with Gasteiger partial charge in [0, 0.05) is 30.8 Å². The number of hydrogen-bond acceptors (Lipinski definition) is 3. The van der Waals surface area contributed by atoms with Gasteiger partial charge in [-0.1, -0.05) is 0 Å². The molecule has 1 amide bonds. The molecule has 3 heterocycles. The molecular weight excluding hydrogens is 347 g/mol. The highest BCUT2D eigenvalue weighted by molar-refractivity contribution is 5.94. The fourth-order valence-electron chi connectivity index (χ4n) is 3.60. The van der Waals surface area contributed by atoms with Crippen LogP contribution < -0.4 is 10.1 Å². The molecule has 0 aliphatic carbocycles. The van der Waals surface area contributed by atoms with E-state index in [1.54, 1.807) is 24.3 Å². The van der Waals surface area contributed by atoms with Crippen molar-refractivity contribution in [1.82, 2.24) is 15.2 Å². The maximum Gasteiger partial charge on any atom is 0.431 e. The number of halogens is 3. The zero-order valence-electron chi connectivity index (χ0n) is 13.8. The van der Waals surface area contributed by atoms with E-state index >= 15 is 0 Å². The molecule has 2 aromatic rings. The normalized spacial score (nSPS) is 24.7. The van der Waals surface area contributed by atoms with Gasteiger partial charge in [-0.2, -0.15) is 13.2 Å². The van der Waals surface area contributed by atoms with Gasteiger partial charge in [-0.05, 0) is 49.2 Å². The summed E-state index contributed by atoms with van der Waals surface area (Å²) in [5.74, 6) is 0.723. The van der Waals surface area contributed by atoms with E-state index in [1.165, 1.54) is 6.07 Å². The van der Waals surface area contributed by atoms with Gasteiger partial charge in [0.2, 0.25) is 0 Å². The van der Waals surface area contributed by atoms with E-state index < -0.39 is 11.9 Å². The number of aromatic nitrogens is 1. The summed E-state index contributed by atoms with van der Waals surface area (Å²) in [5, 5.41) is 3.06. The second-order valence-electron chi connectivity index (χ2n) is 6.75. The van der Waals surface area contributed by atoms with Crippen molar-refractivity contribution in [2.45, 2.75) is 18.6 Å². The maximum atomic E-state index is 12.6. The third kappa shape index (κ3) is 3.41. The number of rotatable bonds is 4. The van der Waals surface area contributed by atoms with Crippen LogP contribution >= 0.6 is 0 Å². The van der Waals surface area contributed by atoms with Gasteiger partial charge >= 0.3 is 6.18 Å². The monoisotopic (exact) mass is 365 g/mol. The Labute approximate surface area is 148 Å². The molecule has 2 bridgehead atoms. The number of H-pyrrole nitrogens is 1. The molecule has 2 N–H and O–H groups in total. The van der Waals surface area contributed by atoms with Crippen molar-refractivity contribution in [3.63, 3.8) is 0 Å². The van der Waals surface area contributed by atoms with Crippen molar-refractivity contribution >= 4 is 5.91 Å². The Hall–Kier alpha value is -2.48. The number of alkyl halides is 3. The average molecular weight is 365 g/mol. The lowest BCUT2D eigenvalue weighted by Gasteiger charge is -2.23. The molecular formula is C18H18F3N3O2. The molecule has 8 heteroatoms. The van der Waals surface area contributed by atoms with Crippen LogP contribution in [0.25, 0.3) is 0 Å². The molecule has 2 fully saturated rings. The maximum absolute atomic E-state index is 12.6. The third-order valence-electron chi connectivity index (χ3n) is 4.96.